The average molecular weight is 257 g/mol. The van der Waals surface area contributed by atoms with Crippen LogP contribution in [0.3, 0.4) is 0 Å². The number of aliphatic carboxylic acids is 1. The zero-order chi connectivity index (χ0) is 13.5. The summed E-state index contributed by atoms with van der Waals surface area (Å²) in [4.78, 5) is 26.2. The molecule has 6 nitrogen and oxygen atoms in total. The first kappa shape index (κ1) is 14.9. The SMILES string of the molecule is CN(CCCN)CCCN1CC(C(=O)O)CC1=O. The highest BCUT2D eigenvalue weighted by Gasteiger charge is 2.33. The molecular weight excluding hydrogens is 234 g/mol. The first-order valence-corrected chi connectivity index (χ1v) is 6.43. The van der Waals surface area contributed by atoms with Gasteiger partial charge in [-0.2, -0.15) is 0 Å². The first-order valence-electron chi connectivity index (χ1n) is 6.43. The van der Waals surface area contributed by atoms with Gasteiger partial charge in [0.15, 0.2) is 0 Å². The number of carboxylic acid groups (broad SMARTS) is 1. The van der Waals surface area contributed by atoms with Crippen molar-refractivity contribution >= 4 is 11.9 Å². The summed E-state index contributed by atoms with van der Waals surface area (Å²) in [6.07, 6.45) is 2.00. The number of carboxylic acids is 1. The molecule has 1 fully saturated rings. The number of carbonyl (C=O) groups excluding carboxylic acids is 1. The molecule has 18 heavy (non-hydrogen) atoms. The van der Waals surface area contributed by atoms with Gasteiger partial charge in [-0.3, -0.25) is 9.59 Å². The fraction of sp³-hybridized carbons (Fsp3) is 0.833. The maximum Gasteiger partial charge on any atom is 0.308 e. The highest BCUT2D eigenvalue weighted by atomic mass is 16.4. The number of hydrogen-bond acceptors (Lipinski definition) is 4. The molecule has 0 aliphatic carbocycles. The van der Waals surface area contributed by atoms with E-state index in [9.17, 15) is 9.59 Å². The minimum Gasteiger partial charge on any atom is -0.481 e. The van der Waals surface area contributed by atoms with Crippen LogP contribution in [-0.4, -0.2) is 66.6 Å². The number of amides is 1. The number of likely N-dealkylation sites (tertiary alicyclic amines) is 1. The summed E-state index contributed by atoms with van der Waals surface area (Å²) < 4.78 is 0. The van der Waals surface area contributed by atoms with E-state index in [0.717, 1.165) is 25.9 Å². The van der Waals surface area contributed by atoms with Crippen LogP contribution in [0.15, 0.2) is 0 Å². The Morgan fingerprint density at radius 3 is 2.72 bits per heavy atom. The van der Waals surface area contributed by atoms with Crippen LogP contribution < -0.4 is 5.73 Å². The Balaban J connectivity index is 2.20. The van der Waals surface area contributed by atoms with Gasteiger partial charge in [0.1, 0.15) is 0 Å². The van der Waals surface area contributed by atoms with Gasteiger partial charge in [-0.1, -0.05) is 0 Å². The van der Waals surface area contributed by atoms with E-state index in [2.05, 4.69) is 4.90 Å². The zero-order valence-electron chi connectivity index (χ0n) is 11.0. The van der Waals surface area contributed by atoms with Crippen molar-refractivity contribution in [2.75, 3.05) is 39.8 Å². The highest BCUT2D eigenvalue weighted by Crippen LogP contribution is 2.17. The van der Waals surface area contributed by atoms with E-state index in [0.29, 0.717) is 19.6 Å². The minimum atomic E-state index is -0.870. The van der Waals surface area contributed by atoms with E-state index in [1.807, 2.05) is 7.05 Å². The van der Waals surface area contributed by atoms with Crippen LogP contribution in [0.2, 0.25) is 0 Å². The summed E-state index contributed by atoms with van der Waals surface area (Å²) in [7, 11) is 2.03. The number of nitrogens with two attached hydrogens (primary N) is 1. The third kappa shape index (κ3) is 4.62. The second-order valence-electron chi connectivity index (χ2n) is 4.88. The van der Waals surface area contributed by atoms with E-state index in [1.54, 1.807) is 4.90 Å². The van der Waals surface area contributed by atoms with Gasteiger partial charge in [-0.15, -0.1) is 0 Å². The van der Waals surface area contributed by atoms with Crippen molar-refractivity contribution in [3.05, 3.63) is 0 Å². The van der Waals surface area contributed by atoms with Gasteiger partial charge in [0.25, 0.3) is 0 Å². The topological polar surface area (TPSA) is 86.9 Å². The van der Waals surface area contributed by atoms with Crippen LogP contribution in [0.5, 0.6) is 0 Å². The molecule has 3 N–H and O–H groups in total. The molecule has 1 aliphatic rings. The largest absolute Gasteiger partial charge is 0.481 e. The number of carbonyl (C=O) groups is 2. The van der Waals surface area contributed by atoms with Gasteiger partial charge in [0.2, 0.25) is 5.91 Å². The van der Waals surface area contributed by atoms with Crippen molar-refractivity contribution in [3.8, 4) is 0 Å². The summed E-state index contributed by atoms with van der Waals surface area (Å²) in [5.41, 5.74) is 5.43. The Labute approximate surface area is 108 Å². The lowest BCUT2D eigenvalue weighted by atomic mass is 10.1. The van der Waals surface area contributed by atoms with Crippen molar-refractivity contribution in [3.63, 3.8) is 0 Å². The molecule has 0 aromatic carbocycles. The lowest BCUT2D eigenvalue weighted by Gasteiger charge is -2.19. The van der Waals surface area contributed by atoms with Crippen LogP contribution >= 0.6 is 0 Å². The molecule has 0 saturated carbocycles. The maximum atomic E-state index is 11.6. The third-order valence-electron chi connectivity index (χ3n) is 3.28. The lowest BCUT2D eigenvalue weighted by molar-refractivity contribution is -0.141. The highest BCUT2D eigenvalue weighted by molar-refractivity contribution is 5.86. The van der Waals surface area contributed by atoms with Gasteiger partial charge < -0.3 is 20.6 Å². The molecule has 1 atom stereocenters. The molecule has 6 heteroatoms. The summed E-state index contributed by atoms with van der Waals surface area (Å²) in [6, 6.07) is 0. The van der Waals surface area contributed by atoms with Gasteiger partial charge in [-0.25, -0.2) is 0 Å². The number of nitrogens with zero attached hydrogens (tertiary/aromatic N) is 2. The number of rotatable bonds is 8. The molecule has 1 rings (SSSR count). The van der Waals surface area contributed by atoms with E-state index >= 15 is 0 Å². The minimum absolute atomic E-state index is 0.0352. The van der Waals surface area contributed by atoms with Crippen molar-refractivity contribution in [1.29, 1.82) is 0 Å². The van der Waals surface area contributed by atoms with E-state index in [-0.39, 0.29) is 12.3 Å². The smallest absolute Gasteiger partial charge is 0.308 e. The predicted molar refractivity (Wildman–Crippen MR) is 68.1 cm³/mol. The molecule has 0 aromatic heterocycles. The molecule has 1 saturated heterocycles. The predicted octanol–water partition coefficient (Wildman–Crippen LogP) is -0.410. The average Bonchev–Trinajstić information content (AvgIpc) is 2.69. The standard InChI is InChI=1S/C12H23N3O3/c1-14(5-2-4-13)6-3-7-15-9-10(12(17)18)8-11(15)16/h10H,2-9,13H2,1H3,(H,17,18). The van der Waals surface area contributed by atoms with Gasteiger partial charge >= 0.3 is 5.97 Å². The summed E-state index contributed by atoms with van der Waals surface area (Å²) >= 11 is 0. The zero-order valence-corrected chi connectivity index (χ0v) is 11.0. The Kier molecular flexibility index (Phi) is 6.07. The van der Waals surface area contributed by atoms with E-state index < -0.39 is 11.9 Å². The van der Waals surface area contributed by atoms with Crippen LogP contribution in [-0.2, 0) is 9.59 Å². The summed E-state index contributed by atoms with van der Waals surface area (Å²) in [6.45, 7) is 3.56. The second kappa shape index (κ2) is 7.33. The van der Waals surface area contributed by atoms with Crippen molar-refractivity contribution in [2.24, 2.45) is 11.7 Å². The Morgan fingerprint density at radius 2 is 2.17 bits per heavy atom. The normalized spacial score (nSPS) is 19.8. The molecule has 0 radical (unpaired) electrons. The van der Waals surface area contributed by atoms with Gasteiger partial charge in [-0.05, 0) is 39.5 Å². The molecule has 1 unspecified atom stereocenters. The number of hydrogen-bond donors (Lipinski definition) is 2. The molecule has 104 valence electrons. The van der Waals surface area contributed by atoms with E-state index in [4.69, 9.17) is 10.8 Å². The molecule has 0 bridgehead atoms. The monoisotopic (exact) mass is 257 g/mol. The molecule has 0 aromatic rings. The lowest BCUT2D eigenvalue weighted by Crippen LogP contribution is -2.30. The quantitative estimate of drug-likeness (QED) is 0.617. The molecule has 1 heterocycles. The van der Waals surface area contributed by atoms with Crippen molar-refractivity contribution < 1.29 is 14.7 Å². The van der Waals surface area contributed by atoms with Crippen LogP contribution in [0.25, 0.3) is 0 Å². The summed E-state index contributed by atoms with van der Waals surface area (Å²) in [5, 5.41) is 8.86. The Morgan fingerprint density at radius 1 is 1.50 bits per heavy atom. The third-order valence-corrected chi connectivity index (χ3v) is 3.28. The molecule has 1 amide bonds. The van der Waals surface area contributed by atoms with Gasteiger partial charge in [0.05, 0.1) is 5.92 Å². The fourth-order valence-corrected chi connectivity index (χ4v) is 2.16. The molecular formula is C12H23N3O3. The first-order chi connectivity index (χ1) is 8.54. The fourth-order valence-electron chi connectivity index (χ4n) is 2.16. The molecule has 1 aliphatic heterocycles. The molecule has 0 spiro atoms. The second-order valence-corrected chi connectivity index (χ2v) is 4.88. The Bertz CT molecular complexity index is 296. The van der Waals surface area contributed by atoms with Gasteiger partial charge in [0, 0.05) is 19.5 Å². The maximum absolute atomic E-state index is 11.6. The van der Waals surface area contributed by atoms with E-state index in [1.165, 1.54) is 0 Å². The van der Waals surface area contributed by atoms with Crippen molar-refractivity contribution in [1.82, 2.24) is 9.80 Å². The van der Waals surface area contributed by atoms with Crippen LogP contribution in [0.1, 0.15) is 19.3 Å². The van der Waals surface area contributed by atoms with Crippen LogP contribution in [0, 0.1) is 5.92 Å². The van der Waals surface area contributed by atoms with Crippen molar-refractivity contribution in [2.45, 2.75) is 19.3 Å². The van der Waals surface area contributed by atoms with Crippen LogP contribution in [0.4, 0.5) is 0 Å². The summed E-state index contributed by atoms with van der Waals surface area (Å²) in [5.74, 6) is -1.43. The Hall–Kier alpha value is -1.14.